The van der Waals surface area contributed by atoms with Crippen LogP contribution in [0.3, 0.4) is 0 Å². The number of rotatable bonds is 7. The van der Waals surface area contributed by atoms with Crippen molar-refractivity contribution in [1.82, 2.24) is 9.97 Å². The van der Waals surface area contributed by atoms with E-state index < -0.39 is 22.2 Å². The molecule has 6 heteroatoms. The van der Waals surface area contributed by atoms with Crippen LogP contribution in [0.2, 0.25) is 5.02 Å². The predicted molar refractivity (Wildman–Crippen MR) is 88.9 cm³/mol. The second-order valence-corrected chi connectivity index (χ2v) is 6.27. The fourth-order valence-electron chi connectivity index (χ4n) is 2.85. The molecule has 0 radical (unpaired) electrons. The van der Waals surface area contributed by atoms with E-state index in [0.29, 0.717) is 18.2 Å². The molecule has 0 spiro atoms. The SMILES string of the molecule is CCCCC(CCC)Cc1nc2c(Cl)c(F)c(F)cc2c(=O)[nH]1. The van der Waals surface area contributed by atoms with Crippen molar-refractivity contribution < 1.29 is 8.78 Å². The average molecular weight is 343 g/mol. The lowest BCUT2D eigenvalue weighted by atomic mass is 9.93. The molecule has 23 heavy (non-hydrogen) atoms. The lowest BCUT2D eigenvalue weighted by molar-refractivity contribution is 0.419. The zero-order valence-electron chi connectivity index (χ0n) is 13.4. The Hall–Kier alpha value is -1.49. The minimum absolute atomic E-state index is 0.0232. The first kappa shape index (κ1) is 17.9. The van der Waals surface area contributed by atoms with Gasteiger partial charge in [0, 0.05) is 6.42 Å². The highest BCUT2D eigenvalue weighted by molar-refractivity contribution is 6.35. The first-order valence-corrected chi connectivity index (χ1v) is 8.42. The van der Waals surface area contributed by atoms with Crippen molar-refractivity contribution in [2.75, 3.05) is 0 Å². The van der Waals surface area contributed by atoms with Crippen molar-refractivity contribution in [3.8, 4) is 0 Å². The Bertz CT molecular complexity index is 745. The number of hydrogen-bond donors (Lipinski definition) is 1. The first-order chi connectivity index (χ1) is 11.0. The Labute approximate surface area is 139 Å². The molecule has 1 atom stereocenters. The fraction of sp³-hybridized carbons (Fsp3) is 0.529. The van der Waals surface area contributed by atoms with Crippen molar-refractivity contribution in [2.45, 2.75) is 52.4 Å². The summed E-state index contributed by atoms with van der Waals surface area (Å²) in [6, 6.07) is 0.840. The molecule has 0 amide bonds. The van der Waals surface area contributed by atoms with E-state index in [1.165, 1.54) is 0 Å². The normalized spacial score (nSPS) is 12.7. The number of unbranched alkanes of at least 4 members (excludes halogenated alkanes) is 1. The van der Waals surface area contributed by atoms with Crippen LogP contribution in [0.5, 0.6) is 0 Å². The van der Waals surface area contributed by atoms with Gasteiger partial charge in [-0.05, 0) is 12.0 Å². The van der Waals surface area contributed by atoms with E-state index in [4.69, 9.17) is 11.6 Å². The number of nitrogens with one attached hydrogen (secondary N) is 1. The Balaban J connectivity index is 2.40. The summed E-state index contributed by atoms with van der Waals surface area (Å²) < 4.78 is 27.0. The van der Waals surface area contributed by atoms with Gasteiger partial charge in [0.2, 0.25) is 0 Å². The highest BCUT2D eigenvalue weighted by Crippen LogP contribution is 2.26. The van der Waals surface area contributed by atoms with Gasteiger partial charge in [-0.15, -0.1) is 0 Å². The third-order valence-electron chi connectivity index (χ3n) is 4.03. The first-order valence-electron chi connectivity index (χ1n) is 8.04. The monoisotopic (exact) mass is 342 g/mol. The van der Waals surface area contributed by atoms with Gasteiger partial charge in [-0.25, -0.2) is 13.8 Å². The Morgan fingerprint density at radius 1 is 1.26 bits per heavy atom. The van der Waals surface area contributed by atoms with Crippen LogP contribution >= 0.6 is 11.6 Å². The van der Waals surface area contributed by atoms with Gasteiger partial charge < -0.3 is 4.98 Å². The number of nitrogens with zero attached hydrogens (tertiary/aromatic N) is 1. The third-order valence-corrected chi connectivity index (χ3v) is 4.38. The Kier molecular flexibility index (Phi) is 6.10. The van der Waals surface area contributed by atoms with Crippen LogP contribution in [0, 0.1) is 17.6 Å². The van der Waals surface area contributed by atoms with Crippen LogP contribution in [0.25, 0.3) is 10.9 Å². The van der Waals surface area contributed by atoms with Gasteiger partial charge in [-0.2, -0.15) is 0 Å². The maximum Gasteiger partial charge on any atom is 0.258 e. The number of aromatic amines is 1. The molecule has 1 aromatic heterocycles. The number of halogens is 3. The minimum atomic E-state index is -1.17. The van der Waals surface area contributed by atoms with E-state index >= 15 is 0 Å². The van der Waals surface area contributed by atoms with Crippen LogP contribution < -0.4 is 5.56 Å². The van der Waals surface area contributed by atoms with Crippen LogP contribution in [-0.2, 0) is 6.42 Å². The summed E-state index contributed by atoms with van der Waals surface area (Å²) in [5, 5.41) is -0.466. The number of H-pyrrole nitrogens is 1. The number of aromatic nitrogens is 2. The van der Waals surface area contributed by atoms with Crippen molar-refractivity contribution in [3.05, 3.63) is 38.9 Å². The highest BCUT2D eigenvalue weighted by Gasteiger charge is 2.17. The molecule has 2 rings (SSSR count). The fourth-order valence-corrected chi connectivity index (χ4v) is 3.08. The zero-order chi connectivity index (χ0) is 17.0. The second-order valence-electron chi connectivity index (χ2n) is 5.90. The van der Waals surface area contributed by atoms with Crippen LogP contribution in [0.4, 0.5) is 8.78 Å². The molecule has 1 aromatic carbocycles. The lowest BCUT2D eigenvalue weighted by Crippen LogP contribution is -2.16. The quantitative estimate of drug-likeness (QED) is 0.719. The van der Waals surface area contributed by atoms with Crippen LogP contribution in [0.1, 0.15) is 51.8 Å². The Morgan fingerprint density at radius 3 is 2.65 bits per heavy atom. The summed E-state index contributed by atoms with van der Waals surface area (Å²) in [4.78, 5) is 19.1. The van der Waals surface area contributed by atoms with Crippen molar-refractivity contribution in [1.29, 1.82) is 0 Å². The zero-order valence-corrected chi connectivity index (χ0v) is 14.1. The predicted octanol–water partition coefficient (Wildman–Crippen LogP) is 5.00. The van der Waals surface area contributed by atoms with Gasteiger partial charge in [-0.1, -0.05) is 57.6 Å². The molecule has 126 valence electrons. The van der Waals surface area contributed by atoms with E-state index in [2.05, 4.69) is 23.8 Å². The second kappa shape index (κ2) is 7.86. The molecule has 0 saturated heterocycles. The van der Waals surface area contributed by atoms with Crippen molar-refractivity contribution in [3.63, 3.8) is 0 Å². The standard InChI is InChI=1S/C17H21ClF2N2O/c1-3-5-7-10(6-4-2)8-13-21-16-11(17(23)22-13)9-12(19)15(20)14(16)18/h9-10H,3-8H2,1-2H3,(H,21,22,23). The maximum absolute atomic E-state index is 13.6. The molecule has 0 bridgehead atoms. The average Bonchev–Trinajstić information content (AvgIpc) is 2.52. The molecular formula is C17H21ClF2N2O. The number of hydrogen-bond acceptors (Lipinski definition) is 2. The van der Waals surface area contributed by atoms with Crippen LogP contribution in [-0.4, -0.2) is 9.97 Å². The molecule has 1 unspecified atom stereocenters. The summed E-state index contributed by atoms with van der Waals surface area (Å²) in [5.41, 5.74) is -0.466. The highest BCUT2D eigenvalue weighted by atomic mass is 35.5. The molecule has 0 aliphatic carbocycles. The van der Waals surface area contributed by atoms with Crippen LogP contribution in [0.15, 0.2) is 10.9 Å². The minimum Gasteiger partial charge on any atom is -0.310 e. The smallest absolute Gasteiger partial charge is 0.258 e. The van der Waals surface area contributed by atoms with Gasteiger partial charge in [0.15, 0.2) is 11.6 Å². The van der Waals surface area contributed by atoms with E-state index in [0.717, 1.165) is 38.2 Å². The lowest BCUT2D eigenvalue weighted by Gasteiger charge is -2.15. The molecule has 0 aliphatic rings. The van der Waals surface area contributed by atoms with Gasteiger partial charge >= 0.3 is 0 Å². The molecule has 0 fully saturated rings. The van der Waals surface area contributed by atoms with Gasteiger partial charge in [0.05, 0.1) is 10.9 Å². The molecule has 0 saturated carbocycles. The molecule has 3 nitrogen and oxygen atoms in total. The third kappa shape index (κ3) is 4.08. The maximum atomic E-state index is 13.6. The molecule has 1 heterocycles. The summed E-state index contributed by atoms with van der Waals surface area (Å²) in [7, 11) is 0. The van der Waals surface area contributed by atoms with Gasteiger partial charge in [0.25, 0.3) is 5.56 Å². The summed E-state index contributed by atoms with van der Waals surface area (Å²) in [6.07, 6.45) is 5.97. The summed E-state index contributed by atoms with van der Waals surface area (Å²) in [6.45, 7) is 4.25. The van der Waals surface area contributed by atoms with Crippen molar-refractivity contribution in [2.24, 2.45) is 5.92 Å². The molecule has 0 aliphatic heterocycles. The molecular weight excluding hydrogens is 322 g/mol. The topological polar surface area (TPSA) is 45.8 Å². The Morgan fingerprint density at radius 2 is 2.00 bits per heavy atom. The number of fused-ring (bicyclic) bond motifs is 1. The number of benzene rings is 1. The largest absolute Gasteiger partial charge is 0.310 e. The summed E-state index contributed by atoms with van der Waals surface area (Å²) >= 11 is 5.83. The molecule has 1 N–H and O–H groups in total. The van der Waals surface area contributed by atoms with E-state index in [1.54, 1.807) is 0 Å². The van der Waals surface area contributed by atoms with E-state index in [-0.39, 0.29) is 10.9 Å². The van der Waals surface area contributed by atoms with E-state index in [1.807, 2.05) is 0 Å². The summed E-state index contributed by atoms with van der Waals surface area (Å²) in [5.74, 6) is -1.43. The van der Waals surface area contributed by atoms with E-state index in [9.17, 15) is 13.6 Å². The molecule has 2 aromatic rings. The van der Waals surface area contributed by atoms with Gasteiger partial charge in [-0.3, -0.25) is 4.79 Å². The van der Waals surface area contributed by atoms with Gasteiger partial charge in [0.1, 0.15) is 10.8 Å². The van der Waals surface area contributed by atoms with Crippen molar-refractivity contribution >= 4 is 22.5 Å².